The van der Waals surface area contributed by atoms with Gasteiger partial charge in [-0.3, -0.25) is 4.90 Å². The molecule has 0 radical (unpaired) electrons. The SMILES string of the molecule is CC.CCN1CC(OC(C)C)C1. The molecular weight excluding hydrogens is 150 g/mol. The lowest BCUT2D eigenvalue weighted by Crippen LogP contribution is -2.52. The fourth-order valence-corrected chi connectivity index (χ4v) is 1.25. The lowest BCUT2D eigenvalue weighted by Gasteiger charge is -2.39. The first-order valence-corrected chi connectivity index (χ1v) is 5.10. The molecule has 2 heteroatoms. The fraction of sp³-hybridized carbons (Fsp3) is 1.00. The van der Waals surface area contributed by atoms with Gasteiger partial charge in [-0.25, -0.2) is 0 Å². The molecule has 0 bridgehead atoms. The van der Waals surface area contributed by atoms with Gasteiger partial charge in [0.15, 0.2) is 0 Å². The Morgan fingerprint density at radius 3 is 2.17 bits per heavy atom. The number of hydrogen-bond acceptors (Lipinski definition) is 2. The molecule has 0 aliphatic carbocycles. The molecule has 1 saturated heterocycles. The second-order valence-corrected chi connectivity index (χ2v) is 3.16. The van der Waals surface area contributed by atoms with Crippen molar-refractivity contribution in [2.75, 3.05) is 19.6 Å². The molecule has 0 atom stereocenters. The average Bonchev–Trinajstić information content (AvgIpc) is 1.99. The summed E-state index contributed by atoms with van der Waals surface area (Å²) in [6.45, 7) is 13.8. The Morgan fingerprint density at radius 2 is 1.83 bits per heavy atom. The van der Waals surface area contributed by atoms with Gasteiger partial charge in [-0.05, 0) is 20.4 Å². The van der Waals surface area contributed by atoms with Crippen LogP contribution < -0.4 is 0 Å². The third-order valence-corrected chi connectivity index (χ3v) is 1.84. The molecule has 1 fully saturated rings. The van der Waals surface area contributed by atoms with Crippen molar-refractivity contribution in [3.8, 4) is 0 Å². The first kappa shape index (κ1) is 11.9. The zero-order valence-electron chi connectivity index (χ0n) is 9.13. The Bertz CT molecular complexity index is 98.0. The predicted octanol–water partition coefficient (Wildman–Crippen LogP) is 2.14. The molecular formula is C10H23NO. The van der Waals surface area contributed by atoms with Crippen molar-refractivity contribution in [1.82, 2.24) is 4.90 Å². The molecule has 0 saturated carbocycles. The summed E-state index contributed by atoms with van der Waals surface area (Å²) in [5.41, 5.74) is 0. The molecule has 0 aromatic rings. The molecule has 2 nitrogen and oxygen atoms in total. The highest BCUT2D eigenvalue weighted by molar-refractivity contribution is 4.79. The third-order valence-electron chi connectivity index (χ3n) is 1.84. The van der Waals surface area contributed by atoms with E-state index < -0.39 is 0 Å². The molecule has 0 aromatic heterocycles. The van der Waals surface area contributed by atoms with Gasteiger partial charge in [-0.2, -0.15) is 0 Å². The minimum Gasteiger partial charge on any atom is -0.373 e. The van der Waals surface area contributed by atoms with Crippen molar-refractivity contribution in [1.29, 1.82) is 0 Å². The summed E-state index contributed by atoms with van der Waals surface area (Å²) in [5.74, 6) is 0. The maximum absolute atomic E-state index is 5.58. The maximum atomic E-state index is 5.58. The summed E-state index contributed by atoms with van der Waals surface area (Å²) in [7, 11) is 0. The van der Waals surface area contributed by atoms with E-state index in [1.54, 1.807) is 0 Å². The van der Waals surface area contributed by atoms with Gasteiger partial charge in [0.05, 0.1) is 12.2 Å². The quantitative estimate of drug-likeness (QED) is 0.648. The van der Waals surface area contributed by atoms with Crippen molar-refractivity contribution in [2.45, 2.75) is 46.8 Å². The van der Waals surface area contributed by atoms with Gasteiger partial charge in [-0.15, -0.1) is 0 Å². The molecule has 0 amide bonds. The van der Waals surface area contributed by atoms with Crippen LogP contribution >= 0.6 is 0 Å². The van der Waals surface area contributed by atoms with Crippen molar-refractivity contribution in [2.24, 2.45) is 0 Å². The zero-order valence-corrected chi connectivity index (χ0v) is 9.13. The molecule has 74 valence electrons. The normalized spacial score (nSPS) is 18.5. The van der Waals surface area contributed by atoms with E-state index in [1.807, 2.05) is 13.8 Å². The Kier molecular flexibility index (Phi) is 6.39. The van der Waals surface area contributed by atoms with E-state index in [0.29, 0.717) is 12.2 Å². The van der Waals surface area contributed by atoms with Crippen molar-refractivity contribution < 1.29 is 4.74 Å². The Balaban J connectivity index is 0.000000561. The number of ether oxygens (including phenoxy) is 1. The molecule has 1 heterocycles. The largest absolute Gasteiger partial charge is 0.373 e. The van der Waals surface area contributed by atoms with Crippen LogP contribution in [0.2, 0.25) is 0 Å². The first-order chi connectivity index (χ1) is 5.72. The Hall–Kier alpha value is -0.0800. The van der Waals surface area contributed by atoms with Crippen LogP contribution in [0.5, 0.6) is 0 Å². The van der Waals surface area contributed by atoms with Gasteiger partial charge >= 0.3 is 0 Å². The smallest absolute Gasteiger partial charge is 0.0832 e. The van der Waals surface area contributed by atoms with Crippen LogP contribution in [0.1, 0.15) is 34.6 Å². The van der Waals surface area contributed by atoms with Gasteiger partial charge < -0.3 is 4.74 Å². The van der Waals surface area contributed by atoms with Gasteiger partial charge in [-0.1, -0.05) is 20.8 Å². The average molecular weight is 173 g/mol. The highest BCUT2D eigenvalue weighted by Gasteiger charge is 2.26. The monoisotopic (exact) mass is 173 g/mol. The molecule has 1 rings (SSSR count). The lowest BCUT2D eigenvalue weighted by molar-refractivity contribution is -0.0785. The number of rotatable bonds is 3. The summed E-state index contributed by atoms with van der Waals surface area (Å²) < 4.78 is 5.58. The van der Waals surface area contributed by atoms with Gasteiger partial charge in [0.2, 0.25) is 0 Å². The molecule has 0 N–H and O–H groups in total. The molecule has 0 spiro atoms. The number of nitrogens with zero attached hydrogens (tertiary/aromatic N) is 1. The van der Waals surface area contributed by atoms with E-state index in [1.165, 1.54) is 0 Å². The highest BCUT2D eigenvalue weighted by Crippen LogP contribution is 2.12. The van der Waals surface area contributed by atoms with E-state index in [9.17, 15) is 0 Å². The van der Waals surface area contributed by atoms with E-state index in [0.717, 1.165) is 19.6 Å². The molecule has 0 unspecified atom stereocenters. The third kappa shape index (κ3) is 4.07. The van der Waals surface area contributed by atoms with Crippen LogP contribution in [0.25, 0.3) is 0 Å². The van der Waals surface area contributed by atoms with Crippen molar-refractivity contribution in [3.63, 3.8) is 0 Å². The minimum absolute atomic E-state index is 0.393. The van der Waals surface area contributed by atoms with E-state index >= 15 is 0 Å². The van der Waals surface area contributed by atoms with Crippen LogP contribution in [0.3, 0.4) is 0 Å². The summed E-state index contributed by atoms with van der Waals surface area (Å²) in [6.07, 6.45) is 0.906. The van der Waals surface area contributed by atoms with Crippen molar-refractivity contribution >= 4 is 0 Å². The molecule has 1 aliphatic rings. The first-order valence-electron chi connectivity index (χ1n) is 5.10. The summed E-state index contributed by atoms with van der Waals surface area (Å²) in [4.78, 5) is 2.38. The Labute approximate surface area is 76.9 Å². The van der Waals surface area contributed by atoms with Crippen molar-refractivity contribution in [3.05, 3.63) is 0 Å². The zero-order chi connectivity index (χ0) is 9.56. The van der Waals surface area contributed by atoms with Gasteiger partial charge in [0, 0.05) is 13.1 Å². The van der Waals surface area contributed by atoms with Gasteiger partial charge in [0.25, 0.3) is 0 Å². The summed E-state index contributed by atoms with van der Waals surface area (Å²) >= 11 is 0. The number of likely N-dealkylation sites (N-methyl/N-ethyl adjacent to an activating group) is 1. The predicted molar refractivity (Wildman–Crippen MR) is 53.5 cm³/mol. The number of hydrogen-bond donors (Lipinski definition) is 0. The summed E-state index contributed by atoms with van der Waals surface area (Å²) in [5, 5.41) is 0. The van der Waals surface area contributed by atoms with E-state index in [-0.39, 0.29) is 0 Å². The lowest BCUT2D eigenvalue weighted by atomic mass is 10.2. The number of likely N-dealkylation sites (tertiary alicyclic amines) is 1. The van der Waals surface area contributed by atoms with Crippen LogP contribution in [-0.4, -0.2) is 36.7 Å². The second-order valence-electron chi connectivity index (χ2n) is 3.16. The van der Waals surface area contributed by atoms with Crippen LogP contribution in [0, 0.1) is 0 Å². The molecule has 0 aromatic carbocycles. The topological polar surface area (TPSA) is 12.5 Å². The van der Waals surface area contributed by atoms with E-state index in [2.05, 4.69) is 25.7 Å². The highest BCUT2D eigenvalue weighted by atomic mass is 16.5. The van der Waals surface area contributed by atoms with Crippen LogP contribution in [0.15, 0.2) is 0 Å². The molecule has 12 heavy (non-hydrogen) atoms. The van der Waals surface area contributed by atoms with Crippen LogP contribution in [0.4, 0.5) is 0 Å². The Morgan fingerprint density at radius 1 is 1.33 bits per heavy atom. The fourth-order valence-electron chi connectivity index (χ4n) is 1.25. The van der Waals surface area contributed by atoms with Crippen LogP contribution in [-0.2, 0) is 4.74 Å². The standard InChI is InChI=1S/C8H17NO.C2H6/c1-4-9-5-8(6-9)10-7(2)3;1-2/h7-8H,4-6H2,1-3H3;1-2H3. The molecule has 1 aliphatic heterocycles. The summed E-state index contributed by atoms with van der Waals surface area (Å²) in [6, 6.07) is 0. The second kappa shape index (κ2) is 6.44. The minimum atomic E-state index is 0.393. The maximum Gasteiger partial charge on any atom is 0.0832 e. The van der Waals surface area contributed by atoms with E-state index in [4.69, 9.17) is 4.74 Å². The van der Waals surface area contributed by atoms with Gasteiger partial charge in [0.1, 0.15) is 0 Å².